The number of nitrogens with zero attached hydrogens (tertiary/aromatic N) is 5. The molecule has 0 saturated heterocycles. The largest absolute Gasteiger partial charge is 0.493 e. The first kappa shape index (κ1) is 26.4. The summed E-state index contributed by atoms with van der Waals surface area (Å²) in [5.41, 5.74) is 2.83. The molecule has 0 atom stereocenters. The molecule has 204 valence electrons. The molecule has 0 radical (unpaired) electrons. The van der Waals surface area contributed by atoms with E-state index in [1.54, 1.807) is 43.9 Å². The molecule has 1 aliphatic heterocycles. The second-order valence-corrected chi connectivity index (χ2v) is 10.5. The predicted octanol–water partition coefficient (Wildman–Crippen LogP) is 5.75. The molecule has 5 rings (SSSR count). The normalized spacial score (nSPS) is 12.8. The van der Waals surface area contributed by atoms with E-state index in [9.17, 15) is 4.79 Å². The molecule has 1 aromatic carbocycles. The molecular weight excluding hydrogens is 501 g/mol. The predicted molar refractivity (Wildman–Crippen MR) is 146 cm³/mol. The van der Waals surface area contributed by atoms with Gasteiger partial charge in [0.1, 0.15) is 23.0 Å². The van der Waals surface area contributed by atoms with E-state index in [0.29, 0.717) is 48.0 Å². The van der Waals surface area contributed by atoms with Crippen LogP contribution in [0.5, 0.6) is 11.6 Å². The second kappa shape index (κ2) is 10.2. The number of carbonyl (C=O) groups is 1. The van der Waals surface area contributed by atoms with Crippen molar-refractivity contribution in [2.45, 2.75) is 53.2 Å². The van der Waals surface area contributed by atoms with Crippen molar-refractivity contribution in [2.24, 2.45) is 7.05 Å². The Balaban J connectivity index is 1.71. The van der Waals surface area contributed by atoms with Crippen molar-refractivity contribution in [1.82, 2.24) is 19.7 Å². The Morgan fingerprint density at radius 3 is 2.67 bits per heavy atom. The van der Waals surface area contributed by atoms with Gasteiger partial charge < -0.3 is 14.2 Å². The third-order valence-electron chi connectivity index (χ3n) is 6.42. The average molecular weight is 534 g/mol. The highest BCUT2D eigenvalue weighted by Gasteiger charge is 2.30. The number of ether oxygens (including phenoxy) is 3. The molecule has 1 aliphatic rings. The van der Waals surface area contributed by atoms with Crippen LogP contribution in [0.1, 0.15) is 44.5 Å². The maximum atomic E-state index is 15.2. The standard InChI is InChI=1S/C29H32FN5O4/c1-7-37-26-13-19-20(24-12-17(2)33-34(24)6)14-32-27(21(19)15-31-26)35(28(36)39-29(3,4)5)16-22-18-10-11-38-25(18)9-8-23(22)30/h8-9,12-15H,7,10-11,16H2,1-6H3. The summed E-state index contributed by atoms with van der Waals surface area (Å²) in [6, 6.07) is 6.77. The summed E-state index contributed by atoms with van der Waals surface area (Å²) in [6.45, 7) is 9.97. The van der Waals surface area contributed by atoms with Crippen LogP contribution >= 0.6 is 0 Å². The van der Waals surface area contributed by atoms with E-state index in [2.05, 4.69) is 10.1 Å². The quantitative estimate of drug-likeness (QED) is 0.311. The van der Waals surface area contributed by atoms with Gasteiger partial charge in [-0.05, 0) is 52.8 Å². The maximum absolute atomic E-state index is 15.2. The van der Waals surface area contributed by atoms with Crippen molar-refractivity contribution < 1.29 is 23.4 Å². The van der Waals surface area contributed by atoms with E-state index >= 15 is 4.39 Å². The molecule has 1 amide bonds. The summed E-state index contributed by atoms with van der Waals surface area (Å²) in [7, 11) is 1.86. The van der Waals surface area contributed by atoms with E-state index in [0.717, 1.165) is 27.9 Å². The van der Waals surface area contributed by atoms with Crippen LogP contribution in [0.4, 0.5) is 15.0 Å². The fourth-order valence-electron chi connectivity index (χ4n) is 4.80. The first-order valence-corrected chi connectivity index (χ1v) is 12.9. The minimum Gasteiger partial charge on any atom is -0.493 e. The van der Waals surface area contributed by atoms with Crippen LogP contribution in [0.3, 0.4) is 0 Å². The SMILES string of the molecule is CCOc1cc2c(-c3cc(C)nn3C)cnc(N(Cc3c(F)ccc4c3CCO4)C(=O)OC(C)(C)C)c2cn1. The van der Waals surface area contributed by atoms with Gasteiger partial charge in [0.25, 0.3) is 0 Å². The van der Waals surface area contributed by atoms with Gasteiger partial charge in [-0.2, -0.15) is 5.10 Å². The van der Waals surface area contributed by atoms with Crippen LogP contribution in [0.2, 0.25) is 0 Å². The van der Waals surface area contributed by atoms with Crippen molar-refractivity contribution in [3.63, 3.8) is 0 Å². The molecule has 0 spiro atoms. The number of amides is 1. The average Bonchev–Trinajstić information content (AvgIpc) is 3.47. The molecule has 9 nitrogen and oxygen atoms in total. The highest BCUT2D eigenvalue weighted by molar-refractivity contribution is 6.05. The van der Waals surface area contributed by atoms with Gasteiger partial charge >= 0.3 is 6.09 Å². The van der Waals surface area contributed by atoms with Crippen molar-refractivity contribution in [3.8, 4) is 22.9 Å². The van der Waals surface area contributed by atoms with Gasteiger partial charge in [-0.3, -0.25) is 9.58 Å². The van der Waals surface area contributed by atoms with Crippen LogP contribution < -0.4 is 14.4 Å². The summed E-state index contributed by atoms with van der Waals surface area (Å²) < 4.78 is 34.1. The lowest BCUT2D eigenvalue weighted by Gasteiger charge is -2.28. The highest BCUT2D eigenvalue weighted by atomic mass is 19.1. The number of halogens is 1. The number of aromatic nitrogens is 4. The molecule has 39 heavy (non-hydrogen) atoms. The Morgan fingerprint density at radius 1 is 1.18 bits per heavy atom. The molecule has 4 heterocycles. The van der Waals surface area contributed by atoms with Crippen molar-refractivity contribution in [1.29, 1.82) is 0 Å². The number of benzene rings is 1. The van der Waals surface area contributed by atoms with Crippen LogP contribution in [0, 0.1) is 12.7 Å². The van der Waals surface area contributed by atoms with Crippen molar-refractivity contribution >= 4 is 22.7 Å². The Bertz CT molecular complexity index is 1560. The number of hydrogen-bond donors (Lipinski definition) is 0. The molecule has 0 saturated carbocycles. The minimum atomic E-state index is -0.780. The van der Waals surface area contributed by atoms with Gasteiger partial charge in [-0.25, -0.2) is 19.2 Å². The number of hydrogen-bond acceptors (Lipinski definition) is 7. The minimum absolute atomic E-state index is 0.0905. The van der Waals surface area contributed by atoms with E-state index in [1.807, 2.05) is 33.0 Å². The second-order valence-electron chi connectivity index (χ2n) is 10.5. The van der Waals surface area contributed by atoms with Crippen LogP contribution in [0.15, 0.2) is 36.7 Å². The number of fused-ring (bicyclic) bond motifs is 2. The van der Waals surface area contributed by atoms with Crippen molar-refractivity contribution in [2.75, 3.05) is 18.1 Å². The van der Waals surface area contributed by atoms with E-state index in [-0.39, 0.29) is 6.54 Å². The molecule has 10 heteroatoms. The summed E-state index contributed by atoms with van der Waals surface area (Å²) in [5.74, 6) is 0.942. The number of aryl methyl sites for hydroxylation is 2. The topological polar surface area (TPSA) is 91.6 Å². The fraction of sp³-hybridized carbons (Fsp3) is 0.379. The monoisotopic (exact) mass is 533 g/mol. The summed E-state index contributed by atoms with van der Waals surface area (Å²) in [6.07, 6.45) is 3.22. The number of rotatable bonds is 6. The zero-order valence-electron chi connectivity index (χ0n) is 23.0. The summed E-state index contributed by atoms with van der Waals surface area (Å²) in [5, 5.41) is 5.83. The van der Waals surface area contributed by atoms with Gasteiger partial charge in [0, 0.05) is 59.4 Å². The zero-order chi connectivity index (χ0) is 27.9. The molecule has 0 fully saturated rings. The molecule has 3 aromatic heterocycles. The van der Waals surface area contributed by atoms with E-state index < -0.39 is 17.5 Å². The van der Waals surface area contributed by atoms with Gasteiger partial charge in [0.2, 0.25) is 5.88 Å². The van der Waals surface area contributed by atoms with Crippen LogP contribution in [-0.2, 0) is 24.8 Å². The Morgan fingerprint density at radius 2 is 1.97 bits per heavy atom. The van der Waals surface area contributed by atoms with E-state index in [4.69, 9.17) is 19.2 Å². The Kier molecular flexibility index (Phi) is 6.88. The summed E-state index contributed by atoms with van der Waals surface area (Å²) >= 11 is 0. The van der Waals surface area contributed by atoms with E-state index in [1.165, 1.54) is 11.0 Å². The lowest BCUT2D eigenvalue weighted by Crippen LogP contribution is -2.37. The van der Waals surface area contributed by atoms with Crippen LogP contribution in [-0.4, -0.2) is 44.7 Å². The number of carbonyl (C=O) groups excluding carboxylic acids is 1. The first-order valence-electron chi connectivity index (χ1n) is 12.9. The summed E-state index contributed by atoms with van der Waals surface area (Å²) in [4.78, 5) is 24.2. The van der Waals surface area contributed by atoms with Crippen LogP contribution in [0.25, 0.3) is 22.0 Å². The van der Waals surface area contributed by atoms with Gasteiger partial charge in [-0.1, -0.05) is 0 Å². The fourth-order valence-corrected chi connectivity index (χ4v) is 4.80. The smallest absolute Gasteiger partial charge is 0.416 e. The third-order valence-corrected chi connectivity index (χ3v) is 6.42. The Hall–Kier alpha value is -4.21. The molecular formula is C29H32FN5O4. The van der Waals surface area contributed by atoms with Gasteiger partial charge in [-0.15, -0.1) is 0 Å². The van der Waals surface area contributed by atoms with Gasteiger partial charge in [0.05, 0.1) is 31.1 Å². The molecule has 0 N–H and O–H groups in total. The van der Waals surface area contributed by atoms with Gasteiger partial charge in [0.15, 0.2) is 0 Å². The lowest BCUT2D eigenvalue weighted by atomic mass is 10.0. The number of pyridine rings is 2. The molecule has 4 aromatic rings. The Labute approximate surface area is 226 Å². The van der Waals surface area contributed by atoms with Crippen molar-refractivity contribution in [3.05, 3.63) is 59.3 Å². The third kappa shape index (κ3) is 5.23. The molecule has 0 bridgehead atoms. The lowest BCUT2D eigenvalue weighted by molar-refractivity contribution is 0.0576. The highest BCUT2D eigenvalue weighted by Crippen LogP contribution is 2.37. The molecule has 0 aliphatic carbocycles. The zero-order valence-corrected chi connectivity index (χ0v) is 23.0. The number of anilines is 1. The maximum Gasteiger partial charge on any atom is 0.416 e. The molecule has 0 unspecified atom stereocenters. The first-order chi connectivity index (χ1) is 18.6.